The van der Waals surface area contributed by atoms with Crippen LogP contribution in [0.2, 0.25) is 0 Å². The summed E-state index contributed by atoms with van der Waals surface area (Å²) in [7, 11) is 0. The van der Waals surface area contributed by atoms with Crippen molar-refractivity contribution >= 4 is 45.0 Å². The Kier molecular flexibility index (Phi) is 6.21. The number of aryl methyl sites for hydroxylation is 4. The average Bonchev–Trinajstić information content (AvgIpc) is 3.25. The van der Waals surface area contributed by atoms with Crippen LogP contribution in [0, 0.1) is 27.7 Å². The summed E-state index contributed by atoms with van der Waals surface area (Å²) in [6.07, 6.45) is 0. The summed E-state index contributed by atoms with van der Waals surface area (Å²) in [6, 6.07) is 9.79. The minimum atomic E-state index is -0.182. The van der Waals surface area contributed by atoms with Crippen molar-refractivity contribution in [1.82, 2.24) is 19.3 Å². The van der Waals surface area contributed by atoms with Crippen LogP contribution in [0.3, 0.4) is 0 Å². The van der Waals surface area contributed by atoms with Gasteiger partial charge in [0.05, 0.1) is 22.5 Å². The standard InChI is InChI=1S/C23H25N5O2S2/c1-6-27-22(30)20-15(4)16(5)32-21(20)25-23(27)31-12-19(29)24-18-11-14(3)26-28(18)17-9-7-13(2)8-10-17/h7-11H,6,12H2,1-5H3,(H,24,29). The molecule has 0 aliphatic carbocycles. The van der Waals surface area contributed by atoms with E-state index in [9.17, 15) is 9.59 Å². The van der Waals surface area contributed by atoms with Crippen LogP contribution in [-0.2, 0) is 11.3 Å². The molecule has 0 bridgehead atoms. The molecule has 0 fully saturated rings. The fourth-order valence-electron chi connectivity index (χ4n) is 3.48. The van der Waals surface area contributed by atoms with Gasteiger partial charge in [-0.15, -0.1) is 11.3 Å². The van der Waals surface area contributed by atoms with E-state index in [1.807, 2.05) is 65.0 Å². The van der Waals surface area contributed by atoms with Crippen molar-refractivity contribution in [2.24, 2.45) is 0 Å². The maximum absolute atomic E-state index is 13.0. The van der Waals surface area contributed by atoms with Crippen molar-refractivity contribution in [3.8, 4) is 5.69 Å². The number of nitrogens with zero attached hydrogens (tertiary/aromatic N) is 4. The van der Waals surface area contributed by atoms with Crippen LogP contribution >= 0.6 is 23.1 Å². The van der Waals surface area contributed by atoms with Crippen LogP contribution in [0.4, 0.5) is 5.82 Å². The van der Waals surface area contributed by atoms with Gasteiger partial charge < -0.3 is 5.32 Å². The van der Waals surface area contributed by atoms with E-state index in [0.717, 1.165) is 32.2 Å². The van der Waals surface area contributed by atoms with Gasteiger partial charge >= 0.3 is 0 Å². The average molecular weight is 468 g/mol. The Hall–Kier alpha value is -2.91. The van der Waals surface area contributed by atoms with E-state index in [1.54, 1.807) is 9.25 Å². The third kappa shape index (κ3) is 4.22. The first kappa shape index (κ1) is 22.3. The van der Waals surface area contributed by atoms with Crippen LogP contribution in [0.25, 0.3) is 15.9 Å². The molecule has 0 aliphatic rings. The van der Waals surface area contributed by atoms with Gasteiger partial charge in [0.1, 0.15) is 10.6 Å². The molecule has 9 heteroatoms. The maximum atomic E-state index is 13.0. The Balaban J connectivity index is 1.55. The molecule has 1 aromatic carbocycles. The lowest BCUT2D eigenvalue weighted by molar-refractivity contribution is -0.113. The number of thiophene rings is 1. The van der Waals surface area contributed by atoms with E-state index < -0.39 is 0 Å². The quantitative estimate of drug-likeness (QED) is 0.330. The van der Waals surface area contributed by atoms with Gasteiger partial charge in [-0.3, -0.25) is 14.2 Å². The van der Waals surface area contributed by atoms with Crippen LogP contribution in [0.5, 0.6) is 0 Å². The molecular formula is C23H25N5O2S2. The fourth-order valence-corrected chi connectivity index (χ4v) is 5.41. The Labute approximate surface area is 194 Å². The molecule has 0 saturated carbocycles. The number of hydrogen-bond acceptors (Lipinski definition) is 6. The second kappa shape index (κ2) is 8.91. The summed E-state index contributed by atoms with van der Waals surface area (Å²) in [4.78, 5) is 32.2. The summed E-state index contributed by atoms with van der Waals surface area (Å²) in [5.74, 6) is 0.566. The molecule has 1 amide bonds. The zero-order valence-corrected chi connectivity index (χ0v) is 20.4. The predicted octanol–water partition coefficient (Wildman–Crippen LogP) is 4.63. The third-order valence-corrected chi connectivity index (χ3v) is 7.36. The Bertz CT molecular complexity index is 1370. The van der Waals surface area contributed by atoms with Crippen molar-refractivity contribution in [3.05, 3.63) is 62.4 Å². The highest BCUT2D eigenvalue weighted by Crippen LogP contribution is 2.28. The molecule has 0 unspecified atom stereocenters. The van der Waals surface area contributed by atoms with Crippen molar-refractivity contribution in [2.75, 3.05) is 11.1 Å². The van der Waals surface area contributed by atoms with Gasteiger partial charge in [0.2, 0.25) is 5.91 Å². The molecule has 4 aromatic rings. The summed E-state index contributed by atoms with van der Waals surface area (Å²) >= 11 is 2.79. The molecule has 0 spiro atoms. The van der Waals surface area contributed by atoms with Gasteiger partial charge in [0.25, 0.3) is 5.56 Å². The number of fused-ring (bicyclic) bond motifs is 1. The minimum Gasteiger partial charge on any atom is -0.310 e. The number of anilines is 1. The lowest BCUT2D eigenvalue weighted by Gasteiger charge is -2.11. The smallest absolute Gasteiger partial charge is 0.263 e. The van der Waals surface area contributed by atoms with Crippen molar-refractivity contribution < 1.29 is 4.79 Å². The number of thioether (sulfide) groups is 1. The number of carbonyl (C=O) groups is 1. The summed E-state index contributed by atoms with van der Waals surface area (Å²) in [5.41, 5.74) is 3.78. The van der Waals surface area contributed by atoms with Gasteiger partial charge in [0, 0.05) is 17.5 Å². The third-order valence-electron chi connectivity index (χ3n) is 5.28. The zero-order chi connectivity index (χ0) is 23.0. The molecule has 0 aliphatic heterocycles. The number of nitrogens with one attached hydrogen (secondary N) is 1. The molecule has 3 heterocycles. The highest BCUT2D eigenvalue weighted by Gasteiger charge is 2.18. The van der Waals surface area contributed by atoms with Crippen LogP contribution < -0.4 is 10.9 Å². The highest BCUT2D eigenvalue weighted by molar-refractivity contribution is 7.99. The molecule has 0 atom stereocenters. The number of benzene rings is 1. The zero-order valence-electron chi connectivity index (χ0n) is 18.7. The van der Waals surface area contributed by atoms with E-state index in [4.69, 9.17) is 4.98 Å². The first-order valence-electron chi connectivity index (χ1n) is 10.4. The number of amides is 1. The van der Waals surface area contributed by atoms with Gasteiger partial charge in [0.15, 0.2) is 5.16 Å². The first-order chi connectivity index (χ1) is 15.3. The van der Waals surface area contributed by atoms with Crippen LogP contribution in [0.15, 0.2) is 40.3 Å². The van der Waals surface area contributed by atoms with Gasteiger partial charge in [-0.1, -0.05) is 29.5 Å². The molecule has 1 N–H and O–H groups in total. The molecule has 166 valence electrons. The molecule has 4 rings (SSSR count). The van der Waals surface area contributed by atoms with Crippen LogP contribution in [-0.4, -0.2) is 31.0 Å². The van der Waals surface area contributed by atoms with E-state index in [0.29, 0.717) is 22.9 Å². The number of carbonyl (C=O) groups excluding carboxylic acids is 1. The summed E-state index contributed by atoms with van der Waals surface area (Å²) in [5, 5.41) is 8.69. The van der Waals surface area contributed by atoms with Crippen molar-refractivity contribution in [3.63, 3.8) is 0 Å². The molecule has 3 aromatic heterocycles. The Morgan fingerprint density at radius 3 is 2.56 bits per heavy atom. The van der Waals surface area contributed by atoms with Crippen molar-refractivity contribution in [2.45, 2.75) is 46.3 Å². The summed E-state index contributed by atoms with van der Waals surface area (Å²) < 4.78 is 3.36. The topological polar surface area (TPSA) is 81.8 Å². The van der Waals surface area contributed by atoms with E-state index in [-0.39, 0.29) is 17.2 Å². The molecule has 0 saturated heterocycles. The van der Waals surface area contributed by atoms with Gasteiger partial charge in [-0.2, -0.15) is 5.10 Å². The van der Waals surface area contributed by atoms with Crippen LogP contribution in [0.1, 0.15) is 28.6 Å². The predicted molar refractivity (Wildman–Crippen MR) is 131 cm³/mol. The Morgan fingerprint density at radius 1 is 1.16 bits per heavy atom. The minimum absolute atomic E-state index is 0.0460. The highest BCUT2D eigenvalue weighted by atomic mass is 32.2. The Morgan fingerprint density at radius 2 is 1.88 bits per heavy atom. The monoisotopic (exact) mass is 467 g/mol. The van der Waals surface area contributed by atoms with Crippen molar-refractivity contribution in [1.29, 1.82) is 0 Å². The largest absolute Gasteiger partial charge is 0.310 e. The fraction of sp³-hybridized carbons (Fsp3) is 0.304. The first-order valence-corrected chi connectivity index (χ1v) is 12.2. The SMILES string of the molecule is CCn1c(SCC(=O)Nc2cc(C)nn2-c2ccc(C)cc2)nc2sc(C)c(C)c2c1=O. The van der Waals surface area contributed by atoms with Gasteiger partial charge in [-0.25, -0.2) is 9.67 Å². The summed E-state index contributed by atoms with van der Waals surface area (Å²) in [6.45, 7) is 10.3. The number of hydrogen-bond donors (Lipinski definition) is 1. The van der Waals surface area contributed by atoms with E-state index in [1.165, 1.54) is 23.1 Å². The lowest BCUT2D eigenvalue weighted by Crippen LogP contribution is -2.23. The second-order valence-corrected chi connectivity index (χ2v) is 9.81. The number of aromatic nitrogens is 4. The van der Waals surface area contributed by atoms with Gasteiger partial charge in [-0.05, 0) is 52.3 Å². The normalized spacial score (nSPS) is 11.3. The maximum Gasteiger partial charge on any atom is 0.263 e. The molecular weight excluding hydrogens is 442 g/mol. The molecule has 32 heavy (non-hydrogen) atoms. The molecule has 7 nitrogen and oxygen atoms in total. The second-order valence-electron chi connectivity index (χ2n) is 7.66. The lowest BCUT2D eigenvalue weighted by atomic mass is 10.2. The number of rotatable bonds is 6. The van der Waals surface area contributed by atoms with E-state index >= 15 is 0 Å². The van der Waals surface area contributed by atoms with E-state index in [2.05, 4.69) is 10.4 Å². The molecule has 0 radical (unpaired) electrons.